The van der Waals surface area contributed by atoms with Crippen LogP contribution >= 0.6 is 0 Å². The third-order valence-corrected chi connectivity index (χ3v) is 3.81. The predicted molar refractivity (Wildman–Crippen MR) is 106 cm³/mol. The largest absolute Gasteiger partial charge is 0.495 e. The molecule has 0 aliphatic heterocycles. The van der Waals surface area contributed by atoms with Crippen molar-refractivity contribution < 1.29 is 14.3 Å². The van der Waals surface area contributed by atoms with E-state index in [1.165, 1.54) is 0 Å². The van der Waals surface area contributed by atoms with Gasteiger partial charge in [-0.15, -0.1) is 0 Å². The van der Waals surface area contributed by atoms with Gasteiger partial charge in [-0.05, 0) is 43.3 Å². The first-order valence-electron chi connectivity index (χ1n) is 8.49. The van der Waals surface area contributed by atoms with Crippen LogP contribution in [0.15, 0.2) is 66.9 Å². The molecule has 3 aromatic rings. The zero-order valence-corrected chi connectivity index (χ0v) is 15.2. The molecule has 1 amide bonds. The minimum absolute atomic E-state index is 0.0652. The molecule has 0 aliphatic rings. The van der Waals surface area contributed by atoms with Gasteiger partial charge >= 0.3 is 0 Å². The number of carbonyl (C=O) groups is 1. The number of rotatable bonds is 7. The molecule has 0 atom stereocenters. The molecule has 2 aromatic carbocycles. The maximum atomic E-state index is 12.0. The first-order valence-corrected chi connectivity index (χ1v) is 8.49. The van der Waals surface area contributed by atoms with E-state index in [-0.39, 0.29) is 12.5 Å². The van der Waals surface area contributed by atoms with Gasteiger partial charge in [0.15, 0.2) is 6.61 Å². The molecule has 3 rings (SSSR count). The Labute approximate surface area is 158 Å². The lowest BCUT2D eigenvalue weighted by Crippen LogP contribution is -2.20. The third-order valence-electron chi connectivity index (χ3n) is 3.81. The molecule has 0 radical (unpaired) electrons. The molecule has 6 heteroatoms. The van der Waals surface area contributed by atoms with Crippen LogP contribution < -0.4 is 20.1 Å². The Bertz CT molecular complexity index is 893. The second-order valence-corrected chi connectivity index (χ2v) is 5.91. The molecule has 0 spiro atoms. The Kier molecular flexibility index (Phi) is 5.89. The zero-order valence-electron chi connectivity index (χ0n) is 15.2. The molecule has 0 bridgehead atoms. The monoisotopic (exact) mass is 363 g/mol. The molecule has 0 saturated carbocycles. The van der Waals surface area contributed by atoms with Gasteiger partial charge < -0.3 is 20.1 Å². The van der Waals surface area contributed by atoms with E-state index in [9.17, 15) is 4.79 Å². The highest BCUT2D eigenvalue weighted by Crippen LogP contribution is 2.26. The van der Waals surface area contributed by atoms with E-state index in [0.717, 1.165) is 17.0 Å². The summed E-state index contributed by atoms with van der Waals surface area (Å²) < 4.78 is 10.8. The maximum absolute atomic E-state index is 12.0. The highest BCUT2D eigenvalue weighted by Gasteiger charge is 2.06. The Morgan fingerprint density at radius 3 is 2.52 bits per heavy atom. The van der Waals surface area contributed by atoms with E-state index in [4.69, 9.17) is 9.47 Å². The van der Waals surface area contributed by atoms with Crippen molar-refractivity contribution in [1.29, 1.82) is 0 Å². The first-order chi connectivity index (χ1) is 13.1. The van der Waals surface area contributed by atoms with Gasteiger partial charge in [0, 0.05) is 0 Å². The summed E-state index contributed by atoms with van der Waals surface area (Å²) in [5.41, 5.74) is 2.55. The fraction of sp³-hybridized carbons (Fsp3) is 0.143. The number of aromatic nitrogens is 1. The molecule has 0 fully saturated rings. The zero-order chi connectivity index (χ0) is 19.1. The number of benzene rings is 2. The van der Waals surface area contributed by atoms with Crippen molar-refractivity contribution in [2.75, 3.05) is 24.4 Å². The van der Waals surface area contributed by atoms with Gasteiger partial charge in [0.25, 0.3) is 5.91 Å². The number of carbonyl (C=O) groups excluding carboxylic acids is 1. The molecule has 1 heterocycles. The summed E-state index contributed by atoms with van der Waals surface area (Å²) in [6.45, 7) is 1.93. The highest BCUT2D eigenvalue weighted by atomic mass is 16.5. The fourth-order valence-electron chi connectivity index (χ4n) is 2.41. The summed E-state index contributed by atoms with van der Waals surface area (Å²) >= 11 is 0. The van der Waals surface area contributed by atoms with E-state index in [2.05, 4.69) is 15.6 Å². The van der Waals surface area contributed by atoms with E-state index >= 15 is 0 Å². The van der Waals surface area contributed by atoms with Crippen molar-refractivity contribution in [3.63, 3.8) is 0 Å². The van der Waals surface area contributed by atoms with Gasteiger partial charge in [0.1, 0.15) is 17.3 Å². The Morgan fingerprint density at radius 2 is 1.81 bits per heavy atom. The number of amides is 1. The number of para-hydroxylation sites is 2. The molecule has 27 heavy (non-hydrogen) atoms. The van der Waals surface area contributed by atoms with Crippen molar-refractivity contribution in [2.24, 2.45) is 0 Å². The van der Waals surface area contributed by atoms with E-state index in [1.807, 2.05) is 55.5 Å². The van der Waals surface area contributed by atoms with Gasteiger partial charge in [-0.1, -0.05) is 29.8 Å². The second kappa shape index (κ2) is 8.71. The number of pyridine rings is 1. The van der Waals surface area contributed by atoms with Crippen LogP contribution in [0.2, 0.25) is 0 Å². The van der Waals surface area contributed by atoms with Crippen LogP contribution in [0.5, 0.6) is 11.5 Å². The Morgan fingerprint density at radius 1 is 1.04 bits per heavy atom. The molecule has 1 aromatic heterocycles. The normalized spacial score (nSPS) is 10.1. The SMILES string of the molecule is COc1ccccc1Nc1ccc(NC(=O)COc2ccc(C)cc2)cn1. The standard InChI is InChI=1S/C21H21N3O3/c1-15-7-10-17(11-8-15)27-14-21(25)23-16-9-12-20(22-13-16)24-18-5-3-4-6-19(18)26-2/h3-13H,14H2,1-2H3,(H,22,24)(H,23,25). The number of aryl methyl sites for hydroxylation is 1. The minimum Gasteiger partial charge on any atom is -0.495 e. The number of methoxy groups -OCH3 is 1. The van der Waals surface area contributed by atoms with Crippen LogP contribution in [-0.2, 0) is 4.79 Å². The molecule has 0 aliphatic carbocycles. The van der Waals surface area contributed by atoms with Crippen LogP contribution in [0.25, 0.3) is 0 Å². The predicted octanol–water partition coefficient (Wildman–Crippen LogP) is 4.16. The lowest BCUT2D eigenvalue weighted by molar-refractivity contribution is -0.118. The van der Waals surface area contributed by atoms with Gasteiger partial charge in [0.2, 0.25) is 0 Å². The summed E-state index contributed by atoms with van der Waals surface area (Å²) in [4.78, 5) is 16.3. The summed E-state index contributed by atoms with van der Waals surface area (Å²) in [5.74, 6) is 1.78. The fourth-order valence-corrected chi connectivity index (χ4v) is 2.41. The third kappa shape index (κ3) is 5.22. The smallest absolute Gasteiger partial charge is 0.262 e. The molecular weight excluding hydrogens is 342 g/mol. The number of nitrogens with one attached hydrogen (secondary N) is 2. The second-order valence-electron chi connectivity index (χ2n) is 5.91. The number of hydrogen-bond donors (Lipinski definition) is 2. The summed E-state index contributed by atoms with van der Waals surface area (Å²) in [5, 5.41) is 5.94. The van der Waals surface area contributed by atoms with E-state index in [0.29, 0.717) is 17.3 Å². The van der Waals surface area contributed by atoms with E-state index < -0.39 is 0 Å². The summed E-state index contributed by atoms with van der Waals surface area (Å²) in [6.07, 6.45) is 1.58. The first kappa shape index (κ1) is 18.3. The van der Waals surface area contributed by atoms with Gasteiger partial charge in [-0.3, -0.25) is 4.79 Å². The quantitative estimate of drug-likeness (QED) is 0.659. The van der Waals surface area contributed by atoms with Gasteiger partial charge in [-0.2, -0.15) is 0 Å². The molecule has 6 nitrogen and oxygen atoms in total. The lowest BCUT2D eigenvalue weighted by atomic mass is 10.2. The van der Waals surface area contributed by atoms with Crippen molar-refractivity contribution in [2.45, 2.75) is 6.92 Å². The average molecular weight is 363 g/mol. The Balaban J connectivity index is 1.54. The number of hydrogen-bond acceptors (Lipinski definition) is 5. The lowest BCUT2D eigenvalue weighted by Gasteiger charge is -2.11. The highest BCUT2D eigenvalue weighted by molar-refractivity contribution is 5.91. The van der Waals surface area contributed by atoms with Crippen molar-refractivity contribution in [1.82, 2.24) is 4.98 Å². The summed E-state index contributed by atoms with van der Waals surface area (Å²) in [6, 6.07) is 18.7. The van der Waals surface area contributed by atoms with Gasteiger partial charge in [0.05, 0.1) is 24.7 Å². The van der Waals surface area contributed by atoms with Crippen LogP contribution in [0.1, 0.15) is 5.56 Å². The molecular formula is C21H21N3O3. The van der Waals surface area contributed by atoms with Crippen molar-refractivity contribution in [3.05, 3.63) is 72.4 Å². The van der Waals surface area contributed by atoms with E-state index in [1.54, 1.807) is 25.4 Å². The summed E-state index contributed by atoms with van der Waals surface area (Å²) in [7, 11) is 1.62. The van der Waals surface area contributed by atoms with Crippen LogP contribution in [0, 0.1) is 6.92 Å². The van der Waals surface area contributed by atoms with Gasteiger partial charge in [-0.25, -0.2) is 4.98 Å². The number of nitrogens with zero attached hydrogens (tertiary/aromatic N) is 1. The topological polar surface area (TPSA) is 72.5 Å². The maximum Gasteiger partial charge on any atom is 0.262 e. The van der Waals surface area contributed by atoms with Crippen LogP contribution in [-0.4, -0.2) is 24.6 Å². The van der Waals surface area contributed by atoms with Crippen LogP contribution in [0.4, 0.5) is 17.2 Å². The number of anilines is 3. The number of ether oxygens (including phenoxy) is 2. The molecule has 138 valence electrons. The molecule has 0 unspecified atom stereocenters. The van der Waals surface area contributed by atoms with Crippen LogP contribution in [0.3, 0.4) is 0 Å². The van der Waals surface area contributed by atoms with Crippen molar-refractivity contribution >= 4 is 23.1 Å². The Hall–Kier alpha value is -3.54. The molecule has 2 N–H and O–H groups in total. The molecule has 0 saturated heterocycles. The van der Waals surface area contributed by atoms with Crippen molar-refractivity contribution in [3.8, 4) is 11.5 Å². The minimum atomic E-state index is -0.247. The average Bonchev–Trinajstić information content (AvgIpc) is 2.69.